The van der Waals surface area contributed by atoms with E-state index in [4.69, 9.17) is 31.0 Å². The lowest BCUT2D eigenvalue weighted by Gasteiger charge is -2.41. The number of rotatable bonds is 9. The number of carbonyl (C=O) groups excluding carboxylic acids is 1. The van der Waals surface area contributed by atoms with Crippen molar-refractivity contribution in [1.82, 2.24) is 19.8 Å². The molecular weight excluding hydrogens is 662 g/mol. The van der Waals surface area contributed by atoms with E-state index in [1.807, 2.05) is 11.0 Å². The lowest BCUT2D eigenvalue weighted by Crippen LogP contribution is -2.55. The number of amides is 1. The van der Waals surface area contributed by atoms with E-state index < -0.39 is 29.5 Å². The summed E-state index contributed by atoms with van der Waals surface area (Å²) in [6, 6.07) is 10.1. The Kier molecular flexibility index (Phi) is 7.70. The first-order valence-electron chi connectivity index (χ1n) is 17.9. The molecule has 12 heteroatoms. The molecular formula is C38H39ClF2N6O3. The largest absolute Gasteiger partial charge is 0.487 e. The zero-order chi connectivity index (χ0) is 34.3. The number of halogens is 3. The summed E-state index contributed by atoms with van der Waals surface area (Å²) < 4.78 is 41.9. The SMILES string of the molecule is C=C(F)C(=O)N1CCN(c2nc(OC[C@@]34CCCN3C[C@H](F)C4)nc3c(OC4CC4)c(-c4cccc5c4CC4CC54)c(Cl)cc23)C[C@@H]1CC#N. The molecule has 0 bridgehead atoms. The number of hydrogen-bond acceptors (Lipinski definition) is 8. The molecule has 1 amide bonds. The molecule has 260 valence electrons. The van der Waals surface area contributed by atoms with Crippen molar-refractivity contribution in [1.29, 1.82) is 5.26 Å². The molecule has 3 aromatic rings. The van der Waals surface area contributed by atoms with E-state index in [0.717, 1.165) is 49.8 Å². The highest BCUT2D eigenvalue weighted by atomic mass is 35.5. The molecule has 2 unspecified atom stereocenters. The van der Waals surface area contributed by atoms with Gasteiger partial charge in [0.15, 0.2) is 11.6 Å². The molecule has 9 rings (SSSR count). The van der Waals surface area contributed by atoms with Gasteiger partial charge in [0, 0.05) is 43.5 Å². The van der Waals surface area contributed by atoms with Crippen molar-refractivity contribution in [2.24, 2.45) is 5.92 Å². The fourth-order valence-electron chi connectivity index (χ4n) is 9.12. The molecule has 3 saturated heterocycles. The van der Waals surface area contributed by atoms with Gasteiger partial charge in [0.1, 0.15) is 24.1 Å². The first-order valence-corrected chi connectivity index (χ1v) is 18.2. The number of nitrogens with zero attached hydrogens (tertiary/aromatic N) is 6. The first-order chi connectivity index (χ1) is 24.2. The molecule has 2 saturated carbocycles. The van der Waals surface area contributed by atoms with Crippen LogP contribution in [-0.2, 0) is 11.2 Å². The predicted octanol–water partition coefficient (Wildman–Crippen LogP) is 6.52. The van der Waals surface area contributed by atoms with Crippen LogP contribution in [0.3, 0.4) is 0 Å². The molecule has 50 heavy (non-hydrogen) atoms. The zero-order valence-corrected chi connectivity index (χ0v) is 28.6. The molecule has 5 atom stereocenters. The molecule has 0 spiro atoms. The lowest BCUT2D eigenvalue weighted by molar-refractivity contribution is -0.131. The maximum atomic E-state index is 14.7. The molecule has 5 fully saturated rings. The zero-order valence-electron chi connectivity index (χ0n) is 27.8. The average molecular weight is 701 g/mol. The minimum absolute atomic E-state index is 0.00664. The van der Waals surface area contributed by atoms with E-state index in [2.05, 4.69) is 35.7 Å². The van der Waals surface area contributed by atoms with Crippen molar-refractivity contribution in [3.8, 4) is 29.0 Å². The van der Waals surface area contributed by atoms with Crippen molar-refractivity contribution in [3.63, 3.8) is 0 Å². The number of piperazine rings is 1. The number of hydrogen-bond donors (Lipinski definition) is 0. The summed E-state index contributed by atoms with van der Waals surface area (Å²) in [5.74, 6) is 0.551. The number of benzene rings is 2. The van der Waals surface area contributed by atoms with E-state index in [-0.39, 0.29) is 38.2 Å². The molecule has 0 N–H and O–H groups in total. The van der Waals surface area contributed by atoms with Gasteiger partial charge in [-0.25, -0.2) is 8.78 Å². The van der Waals surface area contributed by atoms with Gasteiger partial charge in [0.2, 0.25) is 0 Å². The molecule has 6 aliphatic rings. The number of aromatic nitrogens is 2. The molecule has 9 nitrogen and oxygen atoms in total. The third kappa shape index (κ3) is 5.37. The summed E-state index contributed by atoms with van der Waals surface area (Å²) in [5.41, 5.74) is 4.76. The number of alkyl halides is 1. The minimum Gasteiger partial charge on any atom is -0.487 e. The van der Waals surface area contributed by atoms with Crippen LogP contribution in [0, 0.1) is 17.2 Å². The van der Waals surface area contributed by atoms with E-state index in [0.29, 0.717) is 58.8 Å². The first kappa shape index (κ1) is 31.9. The van der Waals surface area contributed by atoms with Crippen molar-refractivity contribution >= 4 is 34.2 Å². The van der Waals surface area contributed by atoms with Crippen LogP contribution in [0.25, 0.3) is 22.0 Å². The second-order valence-corrected chi connectivity index (χ2v) is 15.4. The van der Waals surface area contributed by atoms with Crippen LogP contribution < -0.4 is 14.4 Å². The van der Waals surface area contributed by atoms with Crippen molar-refractivity contribution in [3.05, 3.63) is 52.8 Å². The predicted molar refractivity (Wildman–Crippen MR) is 185 cm³/mol. The van der Waals surface area contributed by atoms with Crippen LogP contribution in [0.5, 0.6) is 11.8 Å². The molecule has 0 radical (unpaired) electrons. The van der Waals surface area contributed by atoms with Crippen LogP contribution in [-0.4, -0.2) is 88.9 Å². The monoisotopic (exact) mass is 700 g/mol. The molecule has 3 aliphatic heterocycles. The van der Waals surface area contributed by atoms with Crippen molar-refractivity contribution < 1.29 is 23.0 Å². The summed E-state index contributed by atoms with van der Waals surface area (Å²) in [4.78, 5) is 28.3. The quantitative estimate of drug-likeness (QED) is 0.233. The highest BCUT2D eigenvalue weighted by Gasteiger charge is 2.50. The Morgan fingerprint density at radius 1 is 1.20 bits per heavy atom. The Morgan fingerprint density at radius 3 is 2.86 bits per heavy atom. The average Bonchev–Trinajstić information content (AvgIpc) is 3.98. The number of carbonyl (C=O) groups is 1. The summed E-state index contributed by atoms with van der Waals surface area (Å²) in [6.45, 7) is 5.42. The fraction of sp³-hybridized carbons (Fsp3) is 0.526. The van der Waals surface area contributed by atoms with Gasteiger partial charge in [-0.15, -0.1) is 0 Å². The Bertz CT molecular complexity index is 1970. The smallest absolute Gasteiger partial charge is 0.319 e. The van der Waals surface area contributed by atoms with Gasteiger partial charge in [-0.2, -0.15) is 15.2 Å². The van der Waals surface area contributed by atoms with E-state index in [1.165, 1.54) is 22.4 Å². The van der Waals surface area contributed by atoms with Gasteiger partial charge in [0.25, 0.3) is 5.91 Å². The van der Waals surface area contributed by atoms with Crippen molar-refractivity contribution in [2.75, 3.05) is 44.2 Å². The van der Waals surface area contributed by atoms with Crippen LogP contribution in [0.1, 0.15) is 62.0 Å². The van der Waals surface area contributed by atoms with Crippen LogP contribution in [0.15, 0.2) is 36.7 Å². The Balaban J connectivity index is 1.18. The highest BCUT2D eigenvalue weighted by Crippen LogP contribution is 2.59. The maximum Gasteiger partial charge on any atom is 0.319 e. The molecule has 4 heterocycles. The molecule has 3 aliphatic carbocycles. The third-order valence-electron chi connectivity index (χ3n) is 11.8. The van der Waals surface area contributed by atoms with Gasteiger partial charge in [-0.1, -0.05) is 36.4 Å². The van der Waals surface area contributed by atoms with Gasteiger partial charge >= 0.3 is 6.01 Å². The van der Waals surface area contributed by atoms with Crippen LogP contribution >= 0.6 is 11.6 Å². The van der Waals surface area contributed by atoms with Gasteiger partial charge in [-0.05, 0) is 79.7 Å². The molecule has 2 aromatic carbocycles. The number of ether oxygens (including phenoxy) is 2. The Hall–Kier alpha value is -4.01. The summed E-state index contributed by atoms with van der Waals surface area (Å²) in [6.07, 6.45) is 5.50. The van der Waals surface area contributed by atoms with E-state index in [9.17, 15) is 18.8 Å². The maximum absolute atomic E-state index is 14.7. The number of fused-ring (bicyclic) bond motifs is 5. The van der Waals surface area contributed by atoms with Crippen LogP contribution in [0.2, 0.25) is 5.02 Å². The summed E-state index contributed by atoms with van der Waals surface area (Å²) >= 11 is 7.27. The van der Waals surface area contributed by atoms with Gasteiger partial charge in [0.05, 0.1) is 35.2 Å². The second-order valence-electron chi connectivity index (χ2n) is 15.0. The number of anilines is 1. The number of nitriles is 1. The van der Waals surface area contributed by atoms with Gasteiger partial charge < -0.3 is 19.3 Å². The Labute approximate surface area is 294 Å². The third-order valence-corrected chi connectivity index (χ3v) is 12.1. The lowest BCUT2D eigenvalue weighted by atomic mass is 9.93. The van der Waals surface area contributed by atoms with Crippen molar-refractivity contribution in [2.45, 2.75) is 81.1 Å². The molecule has 1 aromatic heterocycles. The standard InChI is InChI=1S/C38H39ClF2N6O3/c1-21(40)36(48)47-13-12-45(19-24(47)8-10-42)35-30-16-31(39)32(27-5-2-4-26-28-14-22(28)15-29(26)27)34(50-25-6-7-25)33(30)43-37(44-35)49-20-38-9-3-11-46(38)18-23(41)17-38/h2,4-5,16,22-25,28H,1,3,6-9,11-15,17-20H2/t22?,23-,24+,28?,38+/m1/s1. The minimum atomic E-state index is -1.06. The second kappa shape index (κ2) is 12.1. The summed E-state index contributed by atoms with van der Waals surface area (Å²) in [7, 11) is 0. The van der Waals surface area contributed by atoms with Gasteiger partial charge in [-0.3, -0.25) is 9.69 Å². The fourth-order valence-corrected chi connectivity index (χ4v) is 9.42. The summed E-state index contributed by atoms with van der Waals surface area (Å²) in [5, 5.41) is 10.8. The Morgan fingerprint density at radius 2 is 2.06 bits per heavy atom. The van der Waals surface area contributed by atoms with E-state index in [1.54, 1.807) is 0 Å². The highest BCUT2D eigenvalue weighted by molar-refractivity contribution is 6.35. The van der Waals surface area contributed by atoms with Crippen LogP contribution in [0.4, 0.5) is 14.6 Å². The topological polar surface area (TPSA) is 94.8 Å². The van der Waals surface area contributed by atoms with E-state index >= 15 is 0 Å². The normalized spacial score (nSPS) is 28.3.